The van der Waals surface area contributed by atoms with Crippen LogP contribution in [0.25, 0.3) is 0 Å². The Hall–Kier alpha value is -2.54. The van der Waals surface area contributed by atoms with Crippen LogP contribution in [0.4, 0.5) is 4.39 Å². The third kappa shape index (κ3) is 3.61. The number of halogens is 1. The first-order chi connectivity index (χ1) is 11.8. The lowest BCUT2D eigenvalue weighted by molar-refractivity contribution is -0.133. The Morgan fingerprint density at radius 3 is 2.80 bits per heavy atom. The molecule has 1 aromatic carbocycles. The standard InChI is InChI=1S/C18H20FN3O3/c1-11-6-12(2)21(18(25)20-11)10-17(24)22-9-15(23)8-16(22)13-4-3-5-14(19)7-13/h3-7,15-16,23H,8-10H2,1-2H3. The van der Waals surface area contributed by atoms with Gasteiger partial charge in [-0.05, 0) is 44.0 Å². The summed E-state index contributed by atoms with van der Waals surface area (Å²) in [5.74, 6) is -0.692. The summed E-state index contributed by atoms with van der Waals surface area (Å²) in [5.41, 5.74) is 1.40. The number of benzene rings is 1. The zero-order chi connectivity index (χ0) is 18.1. The predicted molar refractivity (Wildman–Crippen MR) is 89.4 cm³/mol. The van der Waals surface area contributed by atoms with E-state index < -0.39 is 17.8 Å². The van der Waals surface area contributed by atoms with E-state index in [1.54, 1.807) is 32.0 Å². The molecule has 0 aliphatic carbocycles. The van der Waals surface area contributed by atoms with Gasteiger partial charge >= 0.3 is 5.69 Å². The molecule has 1 aliphatic heterocycles. The van der Waals surface area contributed by atoms with E-state index in [2.05, 4.69) is 4.98 Å². The smallest absolute Gasteiger partial charge is 0.348 e. The second-order valence-corrected chi connectivity index (χ2v) is 6.41. The second-order valence-electron chi connectivity index (χ2n) is 6.41. The number of β-amino-alcohol motifs (C(OH)–C–C–N with tert-alkyl or cyclic N) is 1. The van der Waals surface area contributed by atoms with Crippen LogP contribution < -0.4 is 5.69 Å². The molecule has 2 unspecified atom stereocenters. The molecule has 0 saturated carbocycles. The topological polar surface area (TPSA) is 75.4 Å². The zero-order valence-corrected chi connectivity index (χ0v) is 14.1. The van der Waals surface area contributed by atoms with Gasteiger partial charge in [-0.15, -0.1) is 0 Å². The summed E-state index contributed by atoms with van der Waals surface area (Å²) in [6.07, 6.45) is -0.332. The first-order valence-corrected chi connectivity index (χ1v) is 8.13. The van der Waals surface area contributed by atoms with E-state index in [1.165, 1.54) is 21.6 Å². The Balaban J connectivity index is 1.87. The van der Waals surface area contributed by atoms with Gasteiger partial charge < -0.3 is 10.0 Å². The third-order valence-electron chi connectivity index (χ3n) is 4.47. The molecule has 2 atom stereocenters. The van der Waals surface area contributed by atoms with Crippen LogP contribution >= 0.6 is 0 Å². The van der Waals surface area contributed by atoms with Crippen molar-refractivity contribution in [1.82, 2.24) is 14.5 Å². The summed E-state index contributed by atoms with van der Waals surface area (Å²) < 4.78 is 14.8. The highest BCUT2D eigenvalue weighted by Gasteiger charge is 2.35. The fourth-order valence-electron chi connectivity index (χ4n) is 3.31. The second kappa shape index (κ2) is 6.76. The van der Waals surface area contributed by atoms with Crippen molar-refractivity contribution in [3.63, 3.8) is 0 Å². The Kier molecular flexibility index (Phi) is 4.67. The zero-order valence-electron chi connectivity index (χ0n) is 14.1. The van der Waals surface area contributed by atoms with Gasteiger partial charge in [0, 0.05) is 17.9 Å². The molecule has 132 valence electrons. The van der Waals surface area contributed by atoms with E-state index in [1.807, 2.05) is 0 Å². The van der Waals surface area contributed by atoms with Crippen molar-refractivity contribution in [3.8, 4) is 0 Å². The highest BCUT2D eigenvalue weighted by molar-refractivity contribution is 5.77. The van der Waals surface area contributed by atoms with Gasteiger partial charge in [-0.1, -0.05) is 12.1 Å². The number of hydrogen-bond acceptors (Lipinski definition) is 4. The largest absolute Gasteiger partial charge is 0.391 e. The van der Waals surface area contributed by atoms with Crippen molar-refractivity contribution in [3.05, 3.63) is 63.6 Å². The summed E-state index contributed by atoms with van der Waals surface area (Å²) in [6.45, 7) is 3.47. The number of aryl methyl sites for hydroxylation is 2. The van der Waals surface area contributed by atoms with Crippen LogP contribution in [0.15, 0.2) is 35.1 Å². The van der Waals surface area contributed by atoms with Gasteiger partial charge in [0.05, 0.1) is 12.1 Å². The van der Waals surface area contributed by atoms with E-state index in [0.717, 1.165) is 0 Å². The number of nitrogens with zero attached hydrogens (tertiary/aromatic N) is 3. The van der Waals surface area contributed by atoms with Crippen LogP contribution in [-0.4, -0.2) is 38.1 Å². The SMILES string of the molecule is Cc1cc(C)n(CC(=O)N2CC(O)CC2c2cccc(F)c2)c(=O)n1. The van der Waals surface area contributed by atoms with Gasteiger partial charge in [0.2, 0.25) is 5.91 Å². The van der Waals surface area contributed by atoms with Crippen molar-refractivity contribution in [2.24, 2.45) is 0 Å². The molecular formula is C18H20FN3O3. The molecule has 1 N–H and O–H groups in total. The number of amides is 1. The molecule has 2 heterocycles. The Morgan fingerprint density at radius 2 is 2.12 bits per heavy atom. The maximum atomic E-state index is 13.5. The van der Waals surface area contributed by atoms with Crippen LogP contribution in [0.5, 0.6) is 0 Å². The van der Waals surface area contributed by atoms with Crippen LogP contribution in [0.2, 0.25) is 0 Å². The highest BCUT2D eigenvalue weighted by Crippen LogP contribution is 2.32. The maximum absolute atomic E-state index is 13.5. The lowest BCUT2D eigenvalue weighted by atomic mass is 10.0. The number of carbonyl (C=O) groups excluding carboxylic acids is 1. The molecule has 1 amide bonds. The summed E-state index contributed by atoms with van der Waals surface area (Å²) >= 11 is 0. The van der Waals surface area contributed by atoms with Gasteiger partial charge in [0.1, 0.15) is 12.4 Å². The van der Waals surface area contributed by atoms with Crippen LogP contribution in [0.3, 0.4) is 0 Å². The van der Waals surface area contributed by atoms with Crippen LogP contribution in [0, 0.1) is 19.7 Å². The lowest BCUT2D eigenvalue weighted by Gasteiger charge is -2.25. The predicted octanol–water partition coefficient (Wildman–Crippen LogP) is 1.33. The summed E-state index contributed by atoms with van der Waals surface area (Å²) in [4.78, 5) is 30.2. The van der Waals surface area contributed by atoms with E-state index in [-0.39, 0.29) is 24.8 Å². The molecule has 0 radical (unpaired) electrons. The number of aromatic nitrogens is 2. The molecule has 0 spiro atoms. The summed E-state index contributed by atoms with van der Waals surface area (Å²) in [5, 5.41) is 9.99. The van der Waals surface area contributed by atoms with Gasteiger partial charge in [-0.25, -0.2) is 9.18 Å². The van der Waals surface area contributed by atoms with E-state index >= 15 is 0 Å². The molecule has 1 fully saturated rings. The first kappa shape index (κ1) is 17.3. The molecular weight excluding hydrogens is 325 g/mol. The molecule has 25 heavy (non-hydrogen) atoms. The van der Waals surface area contributed by atoms with Crippen molar-refractivity contribution in [2.75, 3.05) is 6.54 Å². The number of carbonyl (C=O) groups is 1. The lowest BCUT2D eigenvalue weighted by Crippen LogP contribution is -2.38. The van der Waals surface area contributed by atoms with E-state index in [4.69, 9.17) is 0 Å². The molecule has 3 rings (SSSR count). The molecule has 1 aliphatic rings. The first-order valence-electron chi connectivity index (χ1n) is 8.13. The average Bonchev–Trinajstić information content (AvgIpc) is 2.93. The monoisotopic (exact) mass is 345 g/mol. The molecule has 0 bridgehead atoms. The number of likely N-dealkylation sites (tertiary alicyclic amines) is 1. The van der Waals surface area contributed by atoms with E-state index in [9.17, 15) is 19.1 Å². The molecule has 1 aromatic heterocycles. The summed E-state index contributed by atoms with van der Waals surface area (Å²) in [6, 6.07) is 7.34. The number of hydrogen-bond donors (Lipinski definition) is 1. The number of aliphatic hydroxyl groups excluding tert-OH is 1. The molecule has 1 saturated heterocycles. The van der Waals surface area contributed by atoms with Gasteiger partial charge in [-0.2, -0.15) is 4.98 Å². The Morgan fingerprint density at radius 1 is 1.36 bits per heavy atom. The third-order valence-corrected chi connectivity index (χ3v) is 4.47. The van der Waals surface area contributed by atoms with Crippen molar-refractivity contribution < 1.29 is 14.3 Å². The fourth-order valence-corrected chi connectivity index (χ4v) is 3.31. The van der Waals surface area contributed by atoms with Gasteiger partial charge in [-0.3, -0.25) is 9.36 Å². The quantitative estimate of drug-likeness (QED) is 0.911. The van der Waals surface area contributed by atoms with Gasteiger partial charge in [0.25, 0.3) is 0 Å². The minimum atomic E-state index is -0.675. The molecule has 6 nitrogen and oxygen atoms in total. The molecule has 2 aromatic rings. The van der Waals surface area contributed by atoms with Crippen LogP contribution in [-0.2, 0) is 11.3 Å². The van der Waals surface area contributed by atoms with Crippen molar-refractivity contribution in [1.29, 1.82) is 0 Å². The Labute approximate surface area is 144 Å². The number of rotatable bonds is 3. The minimum Gasteiger partial charge on any atom is -0.391 e. The van der Waals surface area contributed by atoms with E-state index in [0.29, 0.717) is 23.4 Å². The maximum Gasteiger partial charge on any atom is 0.348 e. The Bertz CT molecular complexity index is 865. The minimum absolute atomic E-state index is 0.156. The average molecular weight is 345 g/mol. The fraction of sp³-hybridized carbons (Fsp3) is 0.389. The number of aliphatic hydroxyl groups is 1. The highest BCUT2D eigenvalue weighted by atomic mass is 19.1. The molecule has 7 heteroatoms. The van der Waals surface area contributed by atoms with Gasteiger partial charge in [0.15, 0.2) is 0 Å². The van der Waals surface area contributed by atoms with Crippen LogP contribution in [0.1, 0.15) is 29.4 Å². The van der Waals surface area contributed by atoms with Crippen molar-refractivity contribution in [2.45, 2.75) is 39.0 Å². The van der Waals surface area contributed by atoms with Crippen molar-refractivity contribution >= 4 is 5.91 Å². The normalized spacial score (nSPS) is 20.1. The summed E-state index contributed by atoms with van der Waals surface area (Å²) in [7, 11) is 0.